The van der Waals surface area contributed by atoms with Gasteiger partial charge in [-0.1, -0.05) is 6.07 Å². The number of hydrogen-bond acceptors (Lipinski definition) is 3. The van der Waals surface area contributed by atoms with E-state index >= 15 is 0 Å². The lowest BCUT2D eigenvalue weighted by atomic mass is 10.2. The molecule has 0 saturated carbocycles. The lowest BCUT2D eigenvalue weighted by Crippen LogP contribution is -2.32. The molecule has 0 radical (unpaired) electrons. The van der Waals surface area contributed by atoms with Crippen molar-refractivity contribution in [1.82, 2.24) is 5.43 Å². The van der Waals surface area contributed by atoms with Crippen molar-refractivity contribution in [3.8, 4) is 0 Å². The van der Waals surface area contributed by atoms with Crippen LogP contribution in [0.25, 0.3) is 0 Å². The Morgan fingerprint density at radius 2 is 2.55 bits per heavy atom. The zero-order chi connectivity index (χ0) is 8.10. The summed E-state index contributed by atoms with van der Waals surface area (Å²) in [5, 5.41) is 2.11. The first-order valence-corrected chi connectivity index (χ1v) is 4.69. The monoisotopic (exact) mass is 170 g/mol. The van der Waals surface area contributed by atoms with Gasteiger partial charge < -0.3 is 0 Å². The van der Waals surface area contributed by atoms with Crippen molar-refractivity contribution in [2.75, 3.05) is 0 Å². The van der Waals surface area contributed by atoms with Crippen LogP contribution >= 0.6 is 11.3 Å². The summed E-state index contributed by atoms with van der Waals surface area (Å²) < 4.78 is 0. The van der Waals surface area contributed by atoms with Crippen LogP contribution in [-0.4, -0.2) is 6.04 Å². The summed E-state index contributed by atoms with van der Waals surface area (Å²) in [4.78, 5) is 1.44. The average Bonchev–Trinajstić information content (AvgIpc) is 2.52. The molecule has 0 spiro atoms. The fraction of sp³-hybridized carbons (Fsp3) is 0.500. The van der Waals surface area contributed by atoms with Gasteiger partial charge in [0.05, 0.1) is 0 Å². The summed E-state index contributed by atoms with van der Waals surface area (Å²) in [7, 11) is 0. The fourth-order valence-corrected chi connectivity index (χ4v) is 1.62. The van der Waals surface area contributed by atoms with Crippen LogP contribution in [0.15, 0.2) is 17.5 Å². The highest BCUT2D eigenvalue weighted by molar-refractivity contribution is 7.09. The quantitative estimate of drug-likeness (QED) is 0.531. The molecular weight excluding hydrogens is 156 g/mol. The first-order chi connectivity index (χ1) is 5.33. The van der Waals surface area contributed by atoms with Gasteiger partial charge in [0.15, 0.2) is 0 Å². The van der Waals surface area contributed by atoms with E-state index in [-0.39, 0.29) is 0 Å². The molecule has 0 bridgehead atoms. The maximum Gasteiger partial charge on any atom is 0.0185 e. The van der Waals surface area contributed by atoms with Crippen molar-refractivity contribution in [1.29, 1.82) is 0 Å². The third-order valence-corrected chi connectivity index (χ3v) is 2.62. The highest BCUT2D eigenvalue weighted by Crippen LogP contribution is 2.11. The van der Waals surface area contributed by atoms with Gasteiger partial charge in [-0.2, -0.15) is 0 Å². The van der Waals surface area contributed by atoms with Gasteiger partial charge in [0, 0.05) is 10.9 Å². The van der Waals surface area contributed by atoms with Gasteiger partial charge >= 0.3 is 0 Å². The van der Waals surface area contributed by atoms with Gasteiger partial charge in [-0.15, -0.1) is 11.3 Å². The van der Waals surface area contributed by atoms with Gasteiger partial charge in [0.2, 0.25) is 0 Å². The Balaban J connectivity index is 2.23. The zero-order valence-corrected chi connectivity index (χ0v) is 7.53. The molecule has 62 valence electrons. The Labute approximate surface area is 71.4 Å². The van der Waals surface area contributed by atoms with Gasteiger partial charge in [-0.05, 0) is 31.2 Å². The molecule has 2 nitrogen and oxygen atoms in total. The average molecular weight is 170 g/mol. The smallest absolute Gasteiger partial charge is 0.0185 e. The zero-order valence-electron chi connectivity index (χ0n) is 6.71. The molecule has 0 fully saturated rings. The number of nitrogens with two attached hydrogens (primary N) is 1. The number of hydrazine groups is 1. The normalized spacial score (nSPS) is 13.3. The predicted molar refractivity (Wildman–Crippen MR) is 49.4 cm³/mol. The Bertz CT molecular complexity index is 184. The first kappa shape index (κ1) is 8.71. The third-order valence-electron chi connectivity index (χ3n) is 1.69. The molecule has 0 amide bonds. The van der Waals surface area contributed by atoms with Gasteiger partial charge in [-0.25, -0.2) is 0 Å². The highest BCUT2D eigenvalue weighted by atomic mass is 32.1. The van der Waals surface area contributed by atoms with E-state index in [0.29, 0.717) is 6.04 Å². The Hall–Kier alpha value is -0.380. The van der Waals surface area contributed by atoms with Gasteiger partial charge in [-0.3, -0.25) is 11.3 Å². The predicted octanol–water partition coefficient (Wildman–Crippen LogP) is 1.53. The van der Waals surface area contributed by atoms with Crippen LogP contribution in [0.3, 0.4) is 0 Å². The van der Waals surface area contributed by atoms with E-state index in [1.54, 1.807) is 11.3 Å². The highest BCUT2D eigenvalue weighted by Gasteiger charge is 1.99. The molecule has 11 heavy (non-hydrogen) atoms. The minimum atomic E-state index is 0.414. The molecule has 0 aliphatic rings. The van der Waals surface area contributed by atoms with Crippen LogP contribution in [0.1, 0.15) is 18.2 Å². The molecule has 1 unspecified atom stereocenters. The molecule has 1 heterocycles. The minimum Gasteiger partial charge on any atom is -0.271 e. The molecular formula is C8H14N2S. The topological polar surface area (TPSA) is 38.0 Å². The van der Waals surface area contributed by atoms with E-state index in [9.17, 15) is 0 Å². The lowest BCUT2D eigenvalue weighted by Gasteiger charge is -2.07. The fourth-order valence-electron chi connectivity index (χ4n) is 0.897. The van der Waals surface area contributed by atoms with Crippen LogP contribution in [0, 0.1) is 0 Å². The van der Waals surface area contributed by atoms with E-state index < -0.39 is 0 Å². The van der Waals surface area contributed by atoms with Crippen molar-refractivity contribution >= 4 is 11.3 Å². The Morgan fingerprint density at radius 3 is 3.09 bits per heavy atom. The Morgan fingerprint density at radius 1 is 1.73 bits per heavy atom. The molecule has 1 rings (SSSR count). The molecule has 1 aromatic heterocycles. The summed E-state index contributed by atoms with van der Waals surface area (Å²) in [5.41, 5.74) is 2.73. The number of rotatable bonds is 4. The van der Waals surface area contributed by atoms with E-state index in [2.05, 4.69) is 29.9 Å². The van der Waals surface area contributed by atoms with E-state index in [4.69, 9.17) is 5.84 Å². The standard InChI is InChI=1S/C8H14N2S/c1-7(10-9)4-5-8-3-2-6-11-8/h2-3,6-7,10H,4-5,9H2,1H3. The summed E-state index contributed by atoms with van der Waals surface area (Å²) in [6.45, 7) is 2.09. The van der Waals surface area contributed by atoms with E-state index in [1.165, 1.54) is 4.88 Å². The second-order valence-electron chi connectivity index (χ2n) is 2.69. The number of nitrogens with one attached hydrogen (secondary N) is 1. The lowest BCUT2D eigenvalue weighted by molar-refractivity contribution is 0.534. The Kier molecular flexibility index (Phi) is 3.56. The number of hydrogen-bond donors (Lipinski definition) is 2. The van der Waals surface area contributed by atoms with Crippen molar-refractivity contribution in [3.05, 3.63) is 22.4 Å². The second kappa shape index (κ2) is 4.49. The van der Waals surface area contributed by atoms with E-state index in [1.807, 2.05) is 0 Å². The van der Waals surface area contributed by atoms with Crippen LogP contribution in [0.4, 0.5) is 0 Å². The molecule has 1 aromatic rings. The summed E-state index contributed by atoms with van der Waals surface area (Å²) >= 11 is 1.81. The van der Waals surface area contributed by atoms with Crippen molar-refractivity contribution in [3.63, 3.8) is 0 Å². The second-order valence-corrected chi connectivity index (χ2v) is 3.72. The first-order valence-electron chi connectivity index (χ1n) is 3.81. The molecule has 0 aromatic carbocycles. The van der Waals surface area contributed by atoms with Crippen molar-refractivity contribution < 1.29 is 0 Å². The molecule has 3 N–H and O–H groups in total. The molecule has 3 heteroatoms. The molecule has 0 saturated heterocycles. The van der Waals surface area contributed by atoms with Crippen LogP contribution in [0.5, 0.6) is 0 Å². The van der Waals surface area contributed by atoms with Crippen molar-refractivity contribution in [2.24, 2.45) is 5.84 Å². The molecule has 1 atom stereocenters. The molecule has 0 aliphatic carbocycles. The maximum atomic E-state index is 5.26. The van der Waals surface area contributed by atoms with Gasteiger partial charge in [0.25, 0.3) is 0 Å². The minimum absolute atomic E-state index is 0.414. The van der Waals surface area contributed by atoms with E-state index in [0.717, 1.165) is 12.8 Å². The summed E-state index contributed by atoms with van der Waals surface area (Å²) in [5.74, 6) is 5.26. The number of thiophene rings is 1. The number of aryl methyl sites for hydroxylation is 1. The van der Waals surface area contributed by atoms with Crippen LogP contribution in [-0.2, 0) is 6.42 Å². The third kappa shape index (κ3) is 3.01. The maximum absolute atomic E-state index is 5.26. The summed E-state index contributed by atoms with van der Waals surface area (Å²) in [6, 6.07) is 4.66. The van der Waals surface area contributed by atoms with Crippen LogP contribution in [0.2, 0.25) is 0 Å². The summed E-state index contributed by atoms with van der Waals surface area (Å²) in [6.07, 6.45) is 2.24. The van der Waals surface area contributed by atoms with Gasteiger partial charge in [0.1, 0.15) is 0 Å². The van der Waals surface area contributed by atoms with Crippen molar-refractivity contribution in [2.45, 2.75) is 25.8 Å². The largest absolute Gasteiger partial charge is 0.271 e. The van der Waals surface area contributed by atoms with Crippen LogP contribution < -0.4 is 11.3 Å². The SMILES string of the molecule is CC(CCc1cccs1)NN. The molecule has 0 aliphatic heterocycles.